The minimum Gasteiger partial charge on any atom is -0.493 e. The van der Waals surface area contributed by atoms with E-state index in [4.69, 9.17) is 14.5 Å². The van der Waals surface area contributed by atoms with Gasteiger partial charge in [0.1, 0.15) is 0 Å². The average molecular weight is 504 g/mol. The minimum absolute atomic E-state index is 0. The van der Waals surface area contributed by atoms with Crippen LogP contribution < -0.4 is 20.1 Å². The van der Waals surface area contributed by atoms with Gasteiger partial charge in [-0.15, -0.1) is 24.0 Å². The van der Waals surface area contributed by atoms with Gasteiger partial charge in [-0.05, 0) is 63.8 Å². The zero-order valence-corrected chi connectivity index (χ0v) is 20.3. The standard InChI is InChI=1S/C21H36N4O2.HI/c1-6-22-21(24-14-18-8-7-11-25(15-18)16(2)3)23-13-17-9-10-19(26-4)20(12-17)27-5;/h9-10,12,16,18H,6-8,11,13-15H2,1-5H3,(H2,22,23,24);1H. The number of hydrogen-bond acceptors (Lipinski definition) is 4. The first kappa shape index (κ1) is 24.8. The van der Waals surface area contributed by atoms with E-state index >= 15 is 0 Å². The third kappa shape index (κ3) is 7.66. The molecular formula is C21H37IN4O2. The number of halogens is 1. The Morgan fingerprint density at radius 1 is 1.21 bits per heavy atom. The van der Waals surface area contributed by atoms with Gasteiger partial charge in [-0.1, -0.05) is 6.07 Å². The largest absolute Gasteiger partial charge is 0.493 e. The summed E-state index contributed by atoms with van der Waals surface area (Å²) in [5.74, 6) is 3.02. The number of rotatable bonds is 8. The van der Waals surface area contributed by atoms with Crippen LogP contribution in [-0.4, -0.2) is 57.3 Å². The summed E-state index contributed by atoms with van der Waals surface area (Å²) in [6, 6.07) is 6.55. The molecule has 0 amide bonds. The molecule has 1 aromatic rings. The van der Waals surface area contributed by atoms with Gasteiger partial charge in [-0.2, -0.15) is 0 Å². The van der Waals surface area contributed by atoms with Gasteiger partial charge >= 0.3 is 0 Å². The zero-order chi connectivity index (χ0) is 19.6. The summed E-state index contributed by atoms with van der Waals surface area (Å²) >= 11 is 0. The van der Waals surface area contributed by atoms with Gasteiger partial charge in [0, 0.05) is 25.7 Å². The van der Waals surface area contributed by atoms with Crippen LogP contribution in [0.1, 0.15) is 39.2 Å². The molecule has 0 aromatic heterocycles. The van der Waals surface area contributed by atoms with Crippen molar-refractivity contribution in [3.05, 3.63) is 23.8 Å². The van der Waals surface area contributed by atoms with E-state index < -0.39 is 0 Å². The smallest absolute Gasteiger partial charge is 0.191 e. The van der Waals surface area contributed by atoms with Crippen molar-refractivity contribution in [3.8, 4) is 11.5 Å². The molecule has 28 heavy (non-hydrogen) atoms. The molecule has 0 spiro atoms. The SMILES string of the molecule is CCNC(=NCc1ccc(OC)c(OC)c1)NCC1CCCN(C(C)C)C1.I. The number of piperidine rings is 1. The Kier molecular flexibility index (Phi) is 11.6. The van der Waals surface area contributed by atoms with Crippen molar-refractivity contribution < 1.29 is 9.47 Å². The molecule has 0 aliphatic carbocycles. The fourth-order valence-corrected chi connectivity index (χ4v) is 3.46. The van der Waals surface area contributed by atoms with Gasteiger partial charge in [-0.3, -0.25) is 0 Å². The summed E-state index contributed by atoms with van der Waals surface area (Å²) in [5, 5.41) is 6.87. The summed E-state index contributed by atoms with van der Waals surface area (Å²) in [6.07, 6.45) is 2.56. The molecule has 0 radical (unpaired) electrons. The van der Waals surface area contributed by atoms with E-state index in [1.807, 2.05) is 18.2 Å². The van der Waals surface area contributed by atoms with Crippen LogP contribution in [0.3, 0.4) is 0 Å². The highest BCUT2D eigenvalue weighted by Gasteiger charge is 2.21. The fourth-order valence-electron chi connectivity index (χ4n) is 3.46. The number of nitrogens with zero attached hydrogens (tertiary/aromatic N) is 2. The maximum atomic E-state index is 5.38. The number of benzene rings is 1. The summed E-state index contributed by atoms with van der Waals surface area (Å²) in [5.41, 5.74) is 1.09. The van der Waals surface area contributed by atoms with Crippen LogP contribution in [0.4, 0.5) is 0 Å². The maximum Gasteiger partial charge on any atom is 0.191 e. The van der Waals surface area contributed by atoms with E-state index in [9.17, 15) is 0 Å². The van der Waals surface area contributed by atoms with Crippen molar-refractivity contribution >= 4 is 29.9 Å². The molecule has 1 saturated heterocycles. The Morgan fingerprint density at radius 3 is 2.61 bits per heavy atom. The Hall–Kier alpha value is -1.22. The lowest BCUT2D eigenvalue weighted by Crippen LogP contribution is -2.46. The molecule has 1 fully saturated rings. The lowest BCUT2D eigenvalue weighted by atomic mass is 9.97. The average Bonchev–Trinajstić information content (AvgIpc) is 2.70. The van der Waals surface area contributed by atoms with Crippen LogP contribution in [0.15, 0.2) is 23.2 Å². The van der Waals surface area contributed by atoms with Crippen LogP contribution in [0.25, 0.3) is 0 Å². The second kappa shape index (κ2) is 13.1. The Morgan fingerprint density at radius 2 is 1.96 bits per heavy atom. The first-order valence-electron chi connectivity index (χ1n) is 10.0. The van der Waals surface area contributed by atoms with E-state index in [-0.39, 0.29) is 24.0 Å². The number of nitrogens with one attached hydrogen (secondary N) is 2. The third-order valence-corrected chi connectivity index (χ3v) is 5.05. The molecule has 1 heterocycles. The van der Waals surface area contributed by atoms with Crippen molar-refractivity contribution in [1.29, 1.82) is 0 Å². The number of likely N-dealkylation sites (tertiary alicyclic amines) is 1. The number of ether oxygens (including phenoxy) is 2. The predicted octanol–water partition coefficient (Wildman–Crippen LogP) is 3.50. The highest BCUT2D eigenvalue weighted by molar-refractivity contribution is 14.0. The fraction of sp³-hybridized carbons (Fsp3) is 0.667. The van der Waals surface area contributed by atoms with E-state index in [0.29, 0.717) is 18.5 Å². The molecule has 6 nitrogen and oxygen atoms in total. The molecule has 1 unspecified atom stereocenters. The molecule has 2 rings (SSSR count). The molecule has 1 aliphatic heterocycles. The van der Waals surface area contributed by atoms with Crippen molar-refractivity contribution in [2.24, 2.45) is 10.9 Å². The lowest BCUT2D eigenvalue weighted by Gasteiger charge is -2.35. The van der Waals surface area contributed by atoms with Crippen LogP contribution in [0.5, 0.6) is 11.5 Å². The molecule has 0 bridgehead atoms. The Labute approximate surface area is 187 Å². The normalized spacial score (nSPS) is 17.8. The second-order valence-corrected chi connectivity index (χ2v) is 7.36. The second-order valence-electron chi connectivity index (χ2n) is 7.36. The van der Waals surface area contributed by atoms with Gasteiger partial charge in [0.2, 0.25) is 0 Å². The van der Waals surface area contributed by atoms with Crippen molar-refractivity contribution in [2.75, 3.05) is 40.4 Å². The van der Waals surface area contributed by atoms with Crippen molar-refractivity contribution in [1.82, 2.24) is 15.5 Å². The minimum atomic E-state index is 0. The van der Waals surface area contributed by atoms with E-state index in [0.717, 1.165) is 36.1 Å². The number of hydrogen-bond donors (Lipinski definition) is 2. The van der Waals surface area contributed by atoms with Gasteiger partial charge < -0.3 is 25.0 Å². The quantitative estimate of drug-likeness (QED) is 0.323. The molecule has 1 aliphatic rings. The van der Waals surface area contributed by atoms with Gasteiger partial charge in [0.25, 0.3) is 0 Å². The molecule has 1 aromatic carbocycles. The van der Waals surface area contributed by atoms with Crippen molar-refractivity contribution in [2.45, 2.75) is 46.2 Å². The molecular weight excluding hydrogens is 467 g/mol. The highest BCUT2D eigenvalue weighted by atomic mass is 127. The summed E-state index contributed by atoms with van der Waals surface area (Å²) < 4.78 is 10.7. The number of guanidine groups is 1. The van der Waals surface area contributed by atoms with Gasteiger partial charge in [0.05, 0.1) is 20.8 Å². The first-order chi connectivity index (χ1) is 13.1. The van der Waals surface area contributed by atoms with Gasteiger partial charge in [-0.25, -0.2) is 4.99 Å². The van der Waals surface area contributed by atoms with Crippen LogP contribution in [0.2, 0.25) is 0 Å². The maximum absolute atomic E-state index is 5.38. The molecule has 1 atom stereocenters. The van der Waals surface area contributed by atoms with E-state index in [1.54, 1.807) is 14.2 Å². The Bertz CT molecular complexity index is 610. The van der Waals surface area contributed by atoms with E-state index in [1.165, 1.54) is 25.9 Å². The summed E-state index contributed by atoms with van der Waals surface area (Å²) in [4.78, 5) is 7.31. The van der Waals surface area contributed by atoms with Gasteiger partial charge in [0.15, 0.2) is 17.5 Å². The number of methoxy groups -OCH3 is 2. The topological polar surface area (TPSA) is 58.1 Å². The number of aliphatic imine (C=N–C) groups is 1. The lowest BCUT2D eigenvalue weighted by molar-refractivity contribution is 0.141. The first-order valence-corrected chi connectivity index (χ1v) is 10.0. The molecule has 160 valence electrons. The Balaban J connectivity index is 0.00000392. The molecule has 2 N–H and O–H groups in total. The predicted molar refractivity (Wildman–Crippen MR) is 127 cm³/mol. The zero-order valence-electron chi connectivity index (χ0n) is 18.0. The van der Waals surface area contributed by atoms with Crippen LogP contribution >= 0.6 is 24.0 Å². The van der Waals surface area contributed by atoms with Crippen LogP contribution in [-0.2, 0) is 6.54 Å². The summed E-state index contributed by atoms with van der Waals surface area (Å²) in [6.45, 7) is 11.4. The summed E-state index contributed by atoms with van der Waals surface area (Å²) in [7, 11) is 3.30. The van der Waals surface area contributed by atoms with Crippen LogP contribution in [0, 0.1) is 5.92 Å². The monoisotopic (exact) mass is 504 g/mol. The van der Waals surface area contributed by atoms with Crippen molar-refractivity contribution in [3.63, 3.8) is 0 Å². The highest BCUT2D eigenvalue weighted by Crippen LogP contribution is 2.27. The molecule has 7 heteroatoms. The third-order valence-electron chi connectivity index (χ3n) is 5.05. The van der Waals surface area contributed by atoms with E-state index in [2.05, 4.69) is 36.3 Å². The molecule has 0 saturated carbocycles.